The predicted octanol–water partition coefficient (Wildman–Crippen LogP) is 0.419. The van der Waals surface area contributed by atoms with E-state index in [-0.39, 0.29) is 11.9 Å². The third kappa shape index (κ3) is 2.29. The lowest BCUT2D eigenvalue weighted by Crippen LogP contribution is -2.31. The number of rotatable bonds is 3. The van der Waals surface area contributed by atoms with Crippen molar-refractivity contribution in [3.8, 4) is 0 Å². The largest absolute Gasteiger partial charge is 0.380 e. The second-order valence-electron chi connectivity index (χ2n) is 3.99. The van der Waals surface area contributed by atoms with E-state index in [1.807, 2.05) is 20.2 Å². The monoisotopic (exact) mass is 208 g/mol. The Morgan fingerprint density at radius 3 is 3.07 bits per heavy atom. The fourth-order valence-corrected chi connectivity index (χ4v) is 1.84. The number of carbonyl (C=O) groups is 1. The molecule has 2 rings (SSSR count). The highest BCUT2D eigenvalue weighted by Crippen LogP contribution is 2.13. The zero-order valence-corrected chi connectivity index (χ0v) is 9.08. The van der Waals surface area contributed by atoms with Gasteiger partial charge in [-0.15, -0.1) is 0 Å². The SMILES string of the molecule is Cc1nn(C)cc1NCC1CCC(=O)N1. The maximum atomic E-state index is 11.0. The van der Waals surface area contributed by atoms with E-state index in [0.717, 1.165) is 24.3 Å². The fourth-order valence-electron chi connectivity index (χ4n) is 1.84. The maximum absolute atomic E-state index is 11.0. The summed E-state index contributed by atoms with van der Waals surface area (Å²) in [4.78, 5) is 11.0. The molecule has 1 atom stereocenters. The molecule has 1 amide bonds. The van der Waals surface area contributed by atoms with Gasteiger partial charge in [0.2, 0.25) is 5.91 Å². The first kappa shape index (κ1) is 10.0. The van der Waals surface area contributed by atoms with E-state index in [0.29, 0.717) is 6.42 Å². The predicted molar refractivity (Wildman–Crippen MR) is 57.6 cm³/mol. The lowest BCUT2D eigenvalue weighted by atomic mass is 10.2. The molecule has 2 N–H and O–H groups in total. The molecule has 1 aromatic rings. The Hall–Kier alpha value is -1.52. The average Bonchev–Trinajstić information content (AvgIpc) is 2.70. The van der Waals surface area contributed by atoms with Crippen LogP contribution in [0.3, 0.4) is 0 Å². The summed E-state index contributed by atoms with van der Waals surface area (Å²) < 4.78 is 1.78. The normalized spacial score (nSPS) is 20.4. The maximum Gasteiger partial charge on any atom is 0.220 e. The van der Waals surface area contributed by atoms with Crippen LogP contribution in [0.4, 0.5) is 5.69 Å². The van der Waals surface area contributed by atoms with Crippen LogP contribution in [0.25, 0.3) is 0 Å². The molecule has 1 aromatic heterocycles. The minimum atomic E-state index is 0.157. The summed E-state index contributed by atoms with van der Waals surface area (Å²) in [5.41, 5.74) is 2.03. The van der Waals surface area contributed by atoms with Gasteiger partial charge in [0.25, 0.3) is 0 Å². The Balaban J connectivity index is 1.88. The Kier molecular flexibility index (Phi) is 2.62. The number of hydrogen-bond acceptors (Lipinski definition) is 3. The number of hydrogen-bond donors (Lipinski definition) is 2. The van der Waals surface area contributed by atoms with Gasteiger partial charge in [0.1, 0.15) is 0 Å². The van der Waals surface area contributed by atoms with Gasteiger partial charge in [-0.05, 0) is 13.3 Å². The summed E-state index contributed by atoms with van der Waals surface area (Å²) >= 11 is 0. The standard InChI is InChI=1S/C10H16N4O/c1-7-9(6-14(2)13-7)11-5-8-3-4-10(15)12-8/h6,8,11H,3-5H2,1-2H3,(H,12,15). The Bertz CT molecular complexity index is 371. The first-order valence-electron chi connectivity index (χ1n) is 5.18. The molecule has 5 nitrogen and oxygen atoms in total. The molecule has 5 heteroatoms. The molecule has 2 heterocycles. The average molecular weight is 208 g/mol. The molecule has 15 heavy (non-hydrogen) atoms. The lowest BCUT2D eigenvalue weighted by molar-refractivity contribution is -0.119. The molecule has 1 saturated heterocycles. The van der Waals surface area contributed by atoms with Gasteiger partial charge in [-0.25, -0.2) is 0 Å². The molecule has 0 aliphatic carbocycles. The zero-order valence-electron chi connectivity index (χ0n) is 9.08. The smallest absolute Gasteiger partial charge is 0.220 e. The minimum absolute atomic E-state index is 0.157. The van der Waals surface area contributed by atoms with Crippen LogP contribution in [0.5, 0.6) is 0 Å². The van der Waals surface area contributed by atoms with E-state index in [1.54, 1.807) is 4.68 Å². The molecule has 1 aliphatic heterocycles. The summed E-state index contributed by atoms with van der Waals surface area (Å²) in [6.45, 7) is 2.74. The molecule has 1 fully saturated rings. The second kappa shape index (κ2) is 3.92. The van der Waals surface area contributed by atoms with Gasteiger partial charge in [-0.2, -0.15) is 5.10 Å². The van der Waals surface area contributed by atoms with Gasteiger partial charge >= 0.3 is 0 Å². The van der Waals surface area contributed by atoms with Crippen molar-refractivity contribution in [3.63, 3.8) is 0 Å². The van der Waals surface area contributed by atoms with E-state index in [4.69, 9.17) is 0 Å². The van der Waals surface area contributed by atoms with Gasteiger partial charge in [-0.3, -0.25) is 9.48 Å². The van der Waals surface area contributed by atoms with Crippen LogP contribution in [0.15, 0.2) is 6.20 Å². The molecule has 82 valence electrons. The number of carbonyl (C=O) groups excluding carboxylic acids is 1. The minimum Gasteiger partial charge on any atom is -0.380 e. The van der Waals surface area contributed by atoms with E-state index in [1.165, 1.54) is 0 Å². The van der Waals surface area contributed by atoms with Crippen molar-refractivity contribution in [2.24, 2.45) is 7.05 Å². The van der Waals surface area contributed by atoms with E-state index in [2.05, 4.69) is 15.7 Å². The highest BCUT2D eigenvalue weighted by atomic mass is 16.1. The van der Waals surface area contributed by atoms with Crippen LogP contribution in [0.2, 0.25) is 0 Å². The molecule has 1 unspecified atom stereocenters. The van der Waals surface area contributed by atoms with Crippen LogP contribution in [-0.4, -0.2) is 28.3 Å². The Morgan fingerprint density at radius 1 is 1.73 bits per heavy atom. The van der Waals surface area contributed by atoms with E-state index < -0.39 is 0 Å². The molecular weight excluding hydrogens is 192 g/mol. The number of aromatic nitrogens is 2. The van der Waals surface area contributed by atoms with Gasteiger partial charge in [0, 0.05) is 32.3 Å². The number of amides is 1. The first-order valence-corrected chi connectivity index (χ1v) is 5.18. The summed E-state index contributed by atoms with van der Waals surface area (Å²) in [7, 11) is 1.90. The van der Waals surface area contributed by atoms with Crippen molar-refractivity contribution in [2.45, 2.75) is 25.8 Å². The molecule has 0 aromatic carbocycles. The van der Waals surface area contributed by atoms with Gasteiger partial charge in [0.15, 0.2) is 0 Å². The number of nitrogens with one attached hydrogen (secondary N) is 2. The number of anilines is 1. The highest BCUT2D eigenvalue weighted by Gasteiger charge is 2.20. The zero-order chi connectivity index (χ0) is 10.8. The molecule has 0 bridgehead atoms. The van der Waals surface area contributed by atoms with Crippen molar-refractivity contribution >= 4 is 11.6 Å². The Labute approximate surface area is 88.8 Å². The molecular formula is C10H16N4O. The van der Waals surface area contributed by atoms with Crippen molar-refractivity contribution in [1.82, 2.24) is 15.1 Å². The molecule has 0 saturated carbocycles. The molecule has 0 radical (unpaired) electrons. The number of nitrogens with zero attached hydrogens (tertiary/aromatic N) is 2. The van der Waals surface area contributed by atoms with Crippen LogP contribution in [0.1, 0.15) is 18.5 Å². The third-order valence-electron chi connectivity index (χ3n) is 2.64. The lowest BCUT2D eigenvalue weighted by Gasteiger charge is -2.11. The summed E-state index contributed by atoms with van der Waals surface area (Å²) in [6.07, 6.45) is 3.52. The summed E-state index contributed by atoms with van der Waals surface area (Å²) in [5.74, 6) is 0.157. The van der Waals surface area contributed by atoms with Crippen LogP contribution in [-0.2, 0) is 11.8 Å². The molecule has 0 spiro atoms. The molecule has 1 aliphatic rings. The van der Waals surface area contributed by atoms with Gasteiger partial charge in [0.05, 0.1) is 11.4 Å². The van der Waals surface area contributed by atoms with Gasteiger partial charge < -0.3 is 10.6 Å². The van der Waals surface area contributed by atoms with E-state index in [9.17, 15) is 4.79 Å². The summed E-state index contributed by atoms with van der Waals surface area (Å²) in [6, 6.07) is 0.261. The van der Waals surface area contributed by atoms with Gasteiger partial charge in [-0.1, -0.05) is 0 Å². The fraction of sp³-hybridized carbons (Fsp3) is 0.600. The van der Waals surface area contributed by atoms with Crippen molar-refractivity contribution in [2.75, 3.05) is 11.9 Å². The summed E-state index contributed by atoms with van der Waals surface area (Å²) in [5, 5.41) is 10.5. The third-order valence-corrected chi connectivity index (χ3v) is 2.64. The highest BCUT2D eigenvalue weighted by molar-refractivity contribution is 5.78. The number of aryl methyl sites for hydroxylation is 2. The van der Waals surface area contributed by atoms with Crippen molar-refractivity contribution in [3.05, 3.63) is 11.9 Å². The van der Waals surface area contributed by atoms with Crippen LogP contribution in [0, 0.1) is 6.92 Å². The Morgan fingerprint density at radius 2 is 2.53 bits per heavy atom. The van der Waals surface area contributed by atoms with Crippen LogP contribution >= 0.6 is 0 Å². The quantitative estimate of drug-likeness (QED) is 0.756. The van der Waals surface area contributed by atoms with E-state index >= 15 is 0 Å². The first-order chi connectivity index (χ1) is 7.15. The topological polar surface area (TPSA) is 59.0 Å². The second-order valence-corrected chi connectivity index (χ2v) is 3.99. The van der Waals surface area contributed by atoms with Crippen molar-refractivity contribution < 1.29 is 4.79 Å². The van der Waals surface area contributed by atoms with Crippen molar-refractivity contribution in [1.29, 1.82) is 0 Å². The van der Waals surface area contributed by atoms with Crippen LogP contribution < -0.4 is 10.6 Å².